The first-order valence-electron chi connectivity index (χ1n) is 7.87. The standard InChI is InChI=1S/C16H22N2O5S/c1-12(2)16(20)23-11-15(19)17-13-5-7-14(8-6-13)24(21,22)18-9-3-4-10-18/h5-8,12H,3-4,9-11H2,1-2H3,(H,17,19). The Morgan fingerprint density at radius 1 is 1.17 bits per heavy atom. The van der Waals surface area contributed by atoms with Gasteiger partial charge in [-0.1, -0.05) is 13.8 Å². The lowest BCUT2D eigenvalue weighted by Gasteiger charge is -2.15. The van der Waals surface area contributed by atoms with Crippen LogP contribution in [0.1, 0.15) is 26.7 Å². The Bertz CT molecular complexity index is 692. The van der Waals surface area contributed by atoms with E-state index in [1.807, 2.05) is 0 Å². The second-order valence-corrected chi connectivity index (χ2v) is 7.88. The third kappa shape index (κ3) is 4.55. The first kappa shape index (κ1) is 18.4. The zero-order chi connectivity index (χ0) is 17.7. The highest BCUT2D eigenvalue weighted by molar-refractivity contribution is 7.89. The number of ether oxygens (including phenoxy) is 1. The van der Waals surface area contributed by atoms with E-state index in [0.717, 1.165) is 12.8 Å². The lowest BCUT2D eigenvalue weighted by molar-refractivity contribution is -0.150. The molecule has 8 heteroatoms. The molecule has 1 aromatic rings. The fourth-order valence-corrected chi connectivity index (χ4v) is 3.81. The molecule has 0 atom stereocenters. The third-order valence-electron chi connectivity index (χ3n) is 3.66. The first-order chi connectivity index (χ1) is 11.3. The van der Waals surface area contributed by atoms with Gasteiger partial charge in [0.15, 0.2) is 6.61 Å². The summed E-state index contributed by atoms with van der Waals surface area (Å²) in [5.74, 6) is -1.22. The van der Waals surface area contributed by atoms with Gasteiger partial charge < -0.3 is 10.1 Å². The molecule has 0 aromatic heterocycles. The molecule has 0 aliphatic carbocycles. The Balaban J connectivity index is 1.94. The molecule has 1 aromatic carbocycles. The number of rotatable bonds is 6. The summed E-state index contributed by atoms with van der Waals surface area (Å²) < 4.78 is 31.1. The summed E-state index contributed by atoms with van der Waals surface area (Å²) >= 11 is 0. The van der Waals surface area contributed by atoms with Gasteiger partial charge in [0.25, 0.3) is 5.91 Å². The van der Waals surface area contributed by atoms with Crippen LogP contribution in [0.3, 0.4) is 0 Å². The maximum Gasteiger partial charge on any atom is 0.308 e. The van der Waals surface area contributed by atoms with Crippen LogP contribution in [-0.4, -0.2) is 44.3 Å². The van der Waals surface area contributed by atoms with Gasteiger partial charge in [-0.3, -0.25) is 9.59 Å². The topological polar surface area (TPSA) is 92.8 Å². The van der Waals surface area contributed by atoms with Gasteiger partial charge >= 0.3 is 5.97 Å². The summed E-state index contributed by atoms with van der Waals surface area (Å²) in [5.41, 5.74) is 0.445. The second kappa shape index (κ2) is 7.76. The molecule has 1 N–H and O–H groups in total. The van der Waals surface area contributed by atoms with Crippen molar-refractivity contribution >= 4 is 27.6 Å². The van der Waals surface area contributed by atoms with E-state index >= 15 is 0 Å². The van der Waals surface area contributed by atoms with Gasteiger partial charge in [-0.15, -0.1) is 0 Å². The molecular formula is C16H22N2O5S. The number of benzene rings is 1. The maximum atomic E-state index is 12.4. The van der Waals surface area contributed by atoms with Crippen molar-refractivity contribution in [3.05, 3.63) is 24.3 Å². The highest BCUT2D eigenvalue weighted by atomic mass is 32.2. The number of carbonyl (C=O) groups is 2. The van der Waals surface area contributed by atoms with Crippen molar-refractivity contribution in [1.29, 1.82) is 0 Å². The summed E-state index contributed by atoms with van der Waals surface area (Å²) in [7, 11) is -3.46. The van der Waals surface area contributed by atoms with Gasteiger partial charge in [0, 0.05) is 18.8 Å². The zero-order valence-corrected chi connectivity index (χ0v) is 14.6. The number of sulfonamides is 1. The van der Waals surface area contributed by atoms with Gasteiger partial charge in [-0.2, -0.15) is 4.31 Å². The van der Waals surface area contributed by atoms with Gasteiger partial charge in [0.2, 0.25) is 10.0 Å². The van der Waals surface area contributed by atoms with Crippen molar-refractivity contribution in [2.24, 2.45) is 5.92 Å². The highest BCUT2D eigenvalue weighted by Crippen LogP contribution is 2.22. The van der Waals surface area contributed by atoms with Crippen LogP contribution in [0.4, 0.5) is 5.69 Å². The number of hydrogen-bond acceptors (Lipinski definition) is 5. The van der Waals surface area contributed by atoms with Crippen LogP contribution >= 0.6 is 0 Å². The Morgan fingerprint density at radius 3 is 2.29 bits per heavy atom. The fraction of sp³-hybridized carbons (Fsp3) is 0.500. The fourth-order valence-electron chi connectivity index (χ4n) is 2.29. The van der Waals surface area contributed by atoms with Crippen LogP contribution < -0.4 is 5.32 Å². The molecule has 1 fully saturated rings. The molecule has 0 saturated carbocycles. The highest BCUT2D eigenvalue weighted by Gasteiger charge is 2.26. The second-order valence-electron chi connectivity index (χ2n) is 5.95. The van der Waals surface area contributed by atoms with Crippen LogP contribution in [0.25, 0.3) is 0 Å². The SMILES string of the molecule is CC(C)C(=O)OCC(=O)Nc1ccc(S(=O)(=O)N2CCCC2)cc1. The lowest BCUT2D eigenvalue weighted by Crippen LogP contribution is -2.27. The zero-order valence-electron chi connectivity index (χ0n) is 13.8. The van der Waals surface area contributed by atoms with Crippen LogP contribution in [0, 0.1) is 5.92 Å². The van der Waals surface area contributed by atoms with Crippen molar-refractivity contribution in [3.63, 3.8) is 0 Å². The Hall–Kier alpha value is -1.93. The predicted molar refractivity (Wildman–Crippen MR) is 88.9 cm³/mol. The van der Waals surface area contributed by atoms with Gasteiger partial charge in [0.1, 0.15) is 0 Å². The number of nitrogens with zero attached hydrogens (tertiary/aromatic N) is 1. The summed E-state index contributed by atoms with van der Waals surface area (Å²) in [5, 5.41) is 2.56. The molecule has 1 heterocycles. The molecular weight excluding hydrogens is 332 g/mol. The predicted octanol–water partition coefficient (Wildman–Crippen LogP) is 1.61. The largest absolute Gasteiger partial charge is 0.455 e. The number of nitrogens with one attached hydrogen (secondary N) is 1. The van der Waals surface area contributed by atoms with Crippen LogP contribution in [0.2, 0.25) is 0 Å². The van der Waals surface area contributed by atoms with Crippen LogP contribution in [0.15, 0.2) is 29.2 Å². The van der Waals surface area contributed by atoms with E-state index < -0.39 is 21.9 Å². The molecule has 0 spiro atoms. The summed E-state index contributed by atoms with van der Waals surface area (Å²) in [4.78, 5) is 23.2. The molecule has 1 aliphatic rings. The number of anilines is 1. The molecule has 2 rings (SSSR count). The average Bonchev–Trinajstić information content (AvgIpc) is 3.08. The van der Waals surface area contributed by atoms with E-state index in [2.05, 4.69) is 5.32 Å². The minimum absolute atomic E-state index is 0.202. The van der Waals surface area contributed by atoms with Crippen molar-refractivity contribution in [3.8, 4) is 0 Å². The molecule has 1 aliphatic heterocycles. The number of carbonyl (C=O) groups excluding carboxylic acids is 2. The molecule has 0 bridgehead atoms. The molecule has 132 valence electrons. The molecule has 0 radical (unpaired) electrons. The van der Waals surface area contributed by atoms with E-state index in [1.165, 1.54) is 28.6 Å². The third-order valence-corrected chi connectivity index (χ3v) is 5.57. The smallest absolute Gasteiger partial charge is 0.308 e. The van der Waals surface area contributed by atoms with Crippen molar-refractivity contribution in [2.45, 2.75) is 31.6 Å². The van der Waals surface area contributed by atoms with Crippen molar-refractivity contribution in [2.75, 3.05) is 25.0 Å². The van der Waals surface area contributed by atoms with E-state index in [-0.39, 0.29) is 17.4 Å². The molecule has 1 amide bonds. The van der Waals surface area contributed by atoms with Crippen LogP contribution in [0.5, 0.6) is 0 Å². The first-order valence-corrected chi connectivity index (χ1v) is 9.31. The lowest BCUT2D eigenvalue weighted by atomic mass is 10.2. The maximum absolute atomic E-state index is 12.4. The van der Waals surface area contributed by atoms with E-state index in [9.17, 15) is 18.0 Å². The number of hydrogen-bond donors (Lipinski definition) is 1. The number of esters is 1. The van der Waals surface area contributed by atoms with Gasteiger partial charge in [-0.05, 0) is 37.1 Å². The van der Waals surface area contributed by atoms with Crippen LogP contribution in [-0.2, 0) is 24.3 Å². The average molecular weight is 354 g/mol. The van der Waals surface area contributed by atoms with E-state index in [4.69, 9.17) is 4.74 Å². The Labute approximate surface area is 142 Å². The van der Waals surface area contributed by atoms with E-state index in [1.54, 1.807) is 13.8 Å². The van der Waals surface area contributed by atoms with E-state index in [0.29, 0.717) is 18.8 Å². The van der Waals surface area contributed by atoms with Gasteiger partial charge in [-0.25, -0.2) is 8.42 Å². The normalized spacial score (nSPS) is 15.5. The molecule has 1 saturated heterocycles. The minimum atomic E-state index is -3.46. The summed E-state index contributed by atoms with van der Waals surface area (Å²) in [6, 6.07) is 5.96. The molecule has 0 unspecified atom stereocenters. The molecule has 24 heavy (non-hydrogen) atoms. The quantitative estimate of drug-likeness (QED) is 0.784. The van der Waals surface area contributed by atoms with Gasteiger partial charge in [0.05, 0.1) is 10.8 Å². The van der Waals surface area contributed by atoms with Crippen molar-refractivity contribution in [1.82, 2.24) is 4.31 Å². The summed E-state index contributed by atoms with van der Waals surface area (Å²) in [6.07, 6.45) is 1.75. The Kier molecular flexibility index (Phi) is 5.95. The monoisotopic (exact) mass is 354 g/mol. The Morgan fingerprint density at radius 2 is 1.75 bits per heavy atom. The number of amides is 1. The minimum Gasteiger partial charge on any atom is -0.455 e. The summed E-state index contributed by atoms with van der Waals surface area (Å²) in [6.45, 7) is 4.08. The van der Waals surface area contributed by atoms with Crippen molar-refractivity contribution < 1.29 is 22.7 Å². The molecule has 7 nitrogen and oxygen atoms in total.